The number of urea groups is 1. The summed E-state index contributed by atoms with van der Waals surface area (Å²) >= 11 is 6.06. The van der Waals surface area contributed by atoms with E-state index in [4.69, 9.17) is 16.3 Å². The highest BCUT2D eigenvalue weighted by Gasteiger charge is 2.40. The lowest BCUT2D eigenvalue weighted by atomic mass is 10.1. The maximum absolute atomic E-state index is 12.7. The number of methoxy groups -OCH3 is 1. The van der Waals surface area contributed by atoms with Gasteiger partial charge in [-0.1, -0.05) is 17.7 Å². The van der Waals surface area contributed by atoms with Crippen LogP contribution in [0.1, 0.15) is 5.56 Å². The number of benzene rings is 2. The van der Waals surface area contributed by atoms with Crippen LogP contribution >= 0.6 is 11.6 Å². The van der Waals surface area contributed by atoms with Gasteiger partial charge in [0.1, 0.15) is 5.75 Å². The molecule has 1 saturated heterocycles. The molecule has 1 N–H and O–H groups in total. The molecule has 0 aliphatic carbocycles. The van der Waals surface area contributed by atoms with Gasteiger partial charge < -0.3 is 4.74 Å². The van der Waals surface area contributed by atoms with E-state index in [2.05, 4.69) is 10.3 Å². The number of carbonyl (C=O) groups is 3. The summed E-state index contributed by atoms with van der Waals surface area (Å²) in [5, 5.41) is 2.70. The highest BCUT2D eigenvalue weighted by Crippen LogP contribution is 2.25. The van der Waals surface area contributed by atoms with Crippen molar-refractivity contribution in [2.45, 2.75) is 6.92 Å². The topological polar surface area (TPSA) is 88.1 Å². The minimum absolute atomic E-state index is 0.322. The summed E-state index contributed by atoms with van der Waals surface area (Å²) in [6, 6.07) is 10.7. The van der Waals surface area contributed by atoms with Gasteiger partial charge in [0.15, 0.2) is 5.92 Å². The Labute approximate surface area is 160 Å². The van der Waals surface area contributed by atoms with Crippen LogP contribution in [0.15, 0.2) is 47.5 Å². The normalized spacial score (nSPS) is 17.4. The number of barbiturate groups is 1. The van der Waals surface area contributed by atoms with Crippen molar-refractivity contribution >= 4 is 47.0 Å². The third kappa shape index (κ3) is 3.83. The highest BCUT2D eigenvalue weighted by atomic mass is 35.5. The molecule has 2 aromatic carbocycles. The summed E-state index contributed by atoms with van der Waals surface area (Å²) in [5.41, 5.74) is 1.71. The Morgan fingerprint density at radius 2 is 1.85 bits per heavy atom. The average molecular weight is 386 g/mol. The molecule has 8 heteroatoms. The number of aryl methyl sites for hydroxylation is 1. The van der Waals surface area contributed by atoms with E-state index in [1.165, 1.54) is 13.3 Å². The first kappa shape index (κ1) is 18.6. The molecule has 0 saturated carbocycles. The van der Waals surface area contributed by atoms with E-state index in [1.54, 1.807) is 42.5 Å². The van der Waals surface area contributed by atoms with Gasteiger partial charge in [-0.2, -0.15) is 0 Å². The van der Waals surface area contributed by atoms with Crippen LogP contribution in [0, 0.1) is 12.8 Å². The fraction of sp³-hybridized carbons (Fsp3) is 0.158. The number of anilines is 1. The number of aliphatic imine (C=N–C) groups is 1. The van der Waals surface area contributed by atoms with E-state index in [0.717, 1.165) is 10.5 Å². The van der Waals surface area contributed by atoms with Gasteiger partial charge in [0.2, 0.25) is 5.91 Å². The van der Waals surface area contributed by atoms with Crippen molar-refractivity contribution in [1.29, 1.82) is 0 Å². The molecule has 1 fully saturated rings. The largest absolute Gasteiger partial charge is 0.497 e. The van der Waals surface area contributed by atoms with Crippen molar-refractivity contribution < 1.29 is 19.1 Å². The van der Waals surface area contributed by atoms with Gasteiger partial charge in [-0.25, -0.2) is 9.69 Å². The minimum atomic E-state index is -1.23. The number of rotatable bonds is 4. The summed E-state index contributed by atoms with van der Waals surface area (Å²) in [4.78, 5) is 42.1. The number of hydrogen-bond donors (Lipinski definition) is 1. The molecule has 0 spiro atoms. The number of halogens is 1. The molecule has 27 heavy (non-hydrogen) atoms. The van der Waals surface area contributed by atoms with Crippen LogP contribution in [-0.2, 0) is 9.59 Å². The lowest BCUT2D eigenvalue weighted by Gasteiger charge is -2.28. The molecule has 4 amide bonds. The van der Waals surface area contributed by atoms with Gasteiger partial charge in [0, 0.05) is 11.2 Å². The minimum Gasteiger partial charge on any atom is -0.497 e. The Morgan fingerprint density at radius 1 is 1.15 bits per heavy atom. The molecule has 0 bridgehead atoms. The lowest BCUT2D eigenvalue weighted by molar-refractivity contribution is -0.131. The molecule has 3 rings (SSSR count). The number of nitrogens with zero attached hydrogens (tertiary/aromatic N) is 2. The lowest BCUT2D eigenvalue weighted by Crippen LogP contribution is -2.58. The molecule has 0 aromatic heterocycles. The standard InChI is InChI=1S/C19H16ClN3O4/c1-11-3-4-12(9-16(11)20)21-10-15-17(24)22-19(26)23(18(15)25)13-5-7-14(27-2)8-6-13/h3-10,15H,1-2H3,(H,22,24,26). The van der Waals surface area contributed by atoms with Crippen LogP contribution in [0.3, 0.4) is 0 Å². The van der Waals surface area contributed by atoms with E-state index in [9.17, 15) is 14.4 Å². The van der Waals surface area contributed by atoms with Crippen LogP contribution in [0.4, 0.5) is 16.2 Å². The Hall–Kier alpha value is -3.19. The molecule has 138 valence electrons. The Kier molecular flexibility index (Phi) is 5.23. The summed E-state index contributed by atoms with van der Waals surface area (Å²) in [6.07, 6.45) is 1.21. The molecule has 1 atom stereocenters. The van der Waals surface area contributed by atoms with E-state index in [-0.39, 0.29) is 0 Å². The van der Waals surface area contributed by atoms with Crippen molar-refractivity contribution in [2.75, 3.05) is 12.0 Å². The fourth-order valence-electron chi connectivity index (χ4n) is 2.52. The number of amides is 4. The molecule has 2 aromatic rings. The highest BCUT2D eigenvalue weighted by molar-refractivity contribution is 6.33. The molecular weight excluding hydrogens is 370 g/mol. The zero-order valence-electron chi connectivity index (χ0n) is 14.6. The van der Waals surface area contributed by atoms with Crippen LogP contribution in [0.2, 0.25) is 5.02 Å². The number of nitrogens with one attached hydrogen (secondary N) is 1. The maximum Gasteiger partial charge on any atom is 0.335 e. The zero-order chi connectivity index (χ0) is 19.6. The van der Waals surface area contributed by atoms with Gasteiger partial charge >= 0.3 is 6.03 Å². The van der Waals surface area contributed by atoms with Crippen molar-refractivity contribution in [3.05, 3.63) is 53.1 Å². The summed E-state index contributed by atoms with van der Waals surface area (Å²) in [6.45, 7) is 1.85. The van der Waals surface area contributed by atoms with Crippen LogP contribution in [0.5, 0.6) is 5.75 Å². The quantitative estimate of drug-likeness (QED) is 0.646. The van der Waals surface area contributed by atoms with Gasteiger partial charge in [-0.15, -0.1) is 0 Å². The SMILES string of the molecule is COc1ccc(N2C(=O)NC(=O)C(C=Nc3ccc(C)c(Cl)c3)C2=O)cc1. The maximum atomic E-state index is 12.7. The Morgan fingerprint density at radius 3 is 2.48 bits per heavy atom. The second-order valence-electron chi connectivity index (χ2n) is 5.86. The van der Waals surface area contributed by atoms with Crippen LogP contribution < -0.4 is 15.0 Å². The fourth-order valence-corrected chi connectivity index (χ4v) is 2.70. The van der Waals surface area contributed by atoms with E-state index < -0.39 is 23.8 Å². The third-order valence-corrected chi connectivity index (χ3v) is 4.47. The van der Waals surface area contributed by atoms with Crippen LogP contribution in [-0.4, -0.2) is 31.2 Å². The molecule has 0 radical (unpaired) electrons. The molecular formula is C19H16ClN3O4. The van der Waals surface area contributed by atoms with E-state index in [0.29, 0.717) is 22.1 Å². The van der Waals surface area contributed by atoms with Gasteiger partial charge in [0.05, 0.1) is 18.5 Å². The second-order valence-corrected chi connectivity index (χ2v) is 6.26. The van der Waals surface area contributed by atoms with Crippen molar-refractivity contribution in [1.82, 2.24) is 5.32 Å². The van der Waals surface area contributed by atoms with Gasteiger partial charge in [-0.05, 0) is 48.9 Å². The first-order valence-electron chi connectivity index (χ1n) is 8.04. The molecule has 1 heterocycles. The molecule has 7 nitrogen and oxygen atoms in total. The van der Waals surface area contributed by atoms with Crippen molar-refractivity contribution in [3.63, 3.8) is 0 Å². The number of ether oxygens (including phenoxy) is 1. The van der Waals surface area contributed by atoms with E-state index >= 15 is 0 Å². The first-order valence-corrected chi connectivity index (χ1v) is 8.41. The monoisotopic (exact) mass is 385 g/mol. The molecule has 1 aliphatic heterocycles. The molecule has 1 aliphatic rings. The first-order chi connectivity index (χ1) is 12.9. The van der Waals surface area contributed by atoms with Crippen molar-refractivity contribution in [3.8, 4) is 5.75 Å². The summed E-state index contributed by atoms with van der Waals surface area (Å²) in [7, 11) is 1.51. The van der Waals surface area contributed by atoms with Gasteiger partial charge in [-0.3, -0.25) is 19.9 Å². The van der Waals surface area contributed by atoms with Gasteiger partial charge in [0.25, 0.3) is 5.91 Å². The zero-order valence-corrected chi connectivity index (χ0v) is 15.4. The smallest absolute Gasteiger partial charge is 0.335 e. The summed E-state index contributed by atoms with van der Waals surface area (Å²) < 4.78 is 5.06. The number of imide groups is 2. The number of carbonyl (C=O) groups excluding carboxylic acids is 3. The Bertz CT molecular complexity index is 940. The Balaban J connectivity index is 1.87. The second kappa shape index (κ2) is 7.59. The van der Waals surface area contributed by atoms with Crippen molar-refractivity contribution in [2.24, 2.45) is 10.9 Å². The average Bonchev–Trinajstić information content (AvgIpc) is 2.64. The predicted molar refractivity (Wildman–Crippen MR) is 102 cm³/mol. The summed E-state index contributed by atoms with van der Waals surface area (Å²) in [5.74, 6) is -2.06. The third-order valence-electron chi connectivity index (χ3n) is 4.06. The van der Waals surface area contributed by atoms with Crippen LogP contribution in [0.25, 0.3) is 0 Å². The molecule has 1 unspecified atom stereocenters. The number of hydrogen-bond acceptors (Lipinski definition) is 5. The predicted octanol–water partition coefficient (Wildman–Crippen LogP) is 3.26. The van der Waals surface area contributed by atoms with E-state index in [1.807, 2.05) is 6.92 Å².